The number of benzene rings is 2. The fourth-order valence-corrected chi connectivity index (χ4v) is 3.13. The second-order valence-electron chi connectivity index (χ2n) is 6.19. The summed E-state index contributed by atoms with van der Waals surface area (Å²) in [6.07, 6.45) is 6.00. The molecule has 0 bridgehead atoms. The maximum absolute atomic E-state index is 5.84. The number of nitrogens with one attached hydrogen (secondary N) is 1. The van der Waals surface area contributed by atoms with Gasteiger partial charge < -0.3 is 9.47 Å². The first-order valence-corrected chi connectivity index (χ1v) is 8.72. The highest BCUT2D eigenvalue weighted by Crippen LogP contribution is 2.26. The molecule has 128 valence electrons. The highest BCUT2D eigenvalue weighted by molar-refractivity contribution is 5.55. The molecule has 0 amide bonds. The number of hydrogen-bond acceptors (Lipinski definition) is 4. The topological polar surface area (TPSA) is 60.0 Å². The highest BCUT2D eigenvalue weighted by atomic mass is 16.5. The van der Waals surface area contributed by atoms with E-state index in [9.17, 15) is 0 Å². The van der Waals surface area contributed by atoms with Crippen LogP contribution in [0.25, 0.3) is 11.4 Å². The summed E-state index contributed by atoms with van der Waals surface area (Å²) < 4.78 is 11.6. The molecule has 4 rings (SSSR count). The molecule has 0 radical (unpaired) electrons. The lowest BCUT2D eigenvalue weighted by Gasteiger charge is -2.09. The molecule has 2 aromatic carbocycles. The molecule has 0 aliphatic heterocycles. The van der Waals surface area contributed by atoms with E-state index >= 15 is 0 Å². The first-order chi connectivity index (χ1) is 12.4. The summed E-state index contributed by atoms with van der Waals surface area (Å²) in [5.41, 5.74) is 3.91. The zero-order valence-electron chi connectivity index (χ0n) is 14.1. The Morgan fingerprint density at radius 3 is 2.44 bits per heavy atom. The molecule has 0 saturated heterocycles. The van der Waals surface area contributed by atoms with Crippen molar-refractivity contribution in [2.75, 3.05) is 13.2 Å². The Balaban J connectivity index is 1.20. The van der Waals surface area contributed by atoms with E-state index in [1.165, 1.54) is 36.7 Å². The summed E-state index contributed by atoms with van der Waals surface area (Å²) >= 11 is 0. The molecule has 0 fully saturated rings. The molecule has 0 atom stereocenters. The maximum Gasteiger partial charge on any atom is 0.155 e. The summed E-state index contributed by atoms with van der Waals surface area (Å²) in [5.74, 6) is 2.58. The molecule has 1 heterocycles. The first-order valence-electron chi connectivity index (χ1n) is 8.72. The third kappa shape index (κ3) is 3.82. The third-order valence-electron chi connectivity index (χ3n) is 4.44. The number of fused-ring (bicyclic) bond motifs is 1. The molecule has 1 N–H and O–H groups in total. The zero-order chi connectivity index (χ0) is 16.9. The van der Waals surface area contributed by atoms with Gasteiger partial charge in [0.1, 0.15) is 17.8 Å². The number of ether oxygens (including phenoxy) is 2. The van der Waals surface area contributed by atoms with Crippen LogP contribution in [0.5, 0.6) is 11.5 Å². The van der Waals surface area contributed by atoms with Gasteiger partial charge >= 0.3 is 0 Å². The number of aryl methyl sites for hydroxylation is 2. The molecule has 0 unspecified atom stereocenters. The Hall–Kier alpha value is -2.82. The standard InChI is InChI=1S/C20H21N3O2/c1-3-15-5-10-19(13-17(15)4-1)25-12-2-11-24-18-8-6-16(7-9-18)20-21-14-22-23-20/h5-10,13-14H,1-4,11-12H2,(H,21,22,23). The molecule has 1 aliphatic rings. The van der Waals surface area contributed by atoms with Crippen LogP contribution in [-0.2, 0) is 12.8 Å². The Morgan fingerprint density at radius 2 is 1.64 bits per heavy atom. The second-order valence-corrected chi connectivity index (χ2v) is 6.19. The van der Waals surface area contributed by atoms with Crippen molar-refractivity contribution < 1.29 is 9.47 Å². The van der Waals surface area contributed by atoms with Gasteiger partial charge in [-0.05, 0) is 66.8 Å². The van der Waals surface area contributed by atoms with E-state index in [0.717, 1.165) is 29.3 Å². The van der Waals surface area contributed by atoms with Gasteiger partial charge in [0.15, 0.2) is 5.82 Å². The van der Waals surface area contributed by atoms with Crippen LogP contribution >= 0.6 is 0 Å². The SMILES string of the molecule is c1n[nH]c(-c2ccc(OCCCOc3ccc4c(c3)CCC4)cc2)n1. The van der Waals surface area contributed by atoms with Crippen molar-refractivity contribution >= 4 is 0 Å². The molecule has 3 aromatic rings. The predicted molar refractivity (Wildman–Crippen MR) is 95.9 cm³/mol. The molecule has 0 spiro atoms. The molecule has 25 heavy (non-hydrogen) atoms. The van der Waals surface area contributed by atoms with Gasteiger partial charge in [-0.1, -0.05) is 6.07 Å². The van der Waals surface area contributed by atoms with E-state index in [1.807, 2.05) is 24.3 Å². The van der Waals surface area contributed by atoms with Gasteiger partial charge in [-0.3, -0.25) is 5.10 Å². The van der Waals surface area contributed by atoms with Gasteiger partial charge in [-0.2, -0.15) is 5.10 Å². The van der Waals surface area contributed by atoms with Crippen molar-refractivity contribution in [3.63, 3.8) is 0 Å². The number of H-pyrrole nitrogens is 1. The fourth-order valence-electron chi connectivity index (χ4n) is 3.13. The van der Waals surface area contributed by atoms with Crippen molar-refractivity contribution in [1.29, 1.82) is 0 Å². The van der Waals surface area contributed by atoms with Crippen molar-refractivity contribution in [2.45, 2.75) is 25.7 Å². The van der Waals surface area contributed by atoms with Crippen LogP contribution in [0.3, 0.4) is 0 Å². The van der Waals surface area contributed by atoms with E-state index in [2.05, 4.69) is 33.4 Å². The van der Waals surface area contributed by atoms with Crippen LogP contribution in [-0.4, -0.2) is 28.4 Å². The van der Waals surface area contributed by atoms with Crippen LogP contribution in [0.1, 0.15) is 24.0 Å². The van der Waals surface area contributed by atoms with Crippen LogP contribution in [0, 0.1) is 0 Å². The maximum atomic E-state index is 5.84. The lowest BCUT2D eigenvalue weighted by atomic mass is 10.1. The Labute approximate surface area is 147 Å². The molecule has 1 aliphatic carbocycles. The van der Waals surface area contributed by atoms with Crippen molar-refractivity contribution in [2.24, 2.45) is 0 Å². The monoisotopic (exact) mass is 335 g/mol. The molecule has 5 heteroatoms. The normalized spacial score (nSPS) is 12.8. The third-order valence-corrected chi connectivity index (χ3v) is 4.44. The summed E-state index contributed by atoms with van der Waals surface area (Å²) in [5, 5.41) is 6.70. The number of hydrogen-bond donors (Lipinski definition) is 1. The summed E-state index contributed by atoms with van der Waals surface area (Å²) in [4.78, 5) is 4.13. The molecule has 1 aromatic heterocycles. The van der Waals surface area contributed by atoms with Gasteiger partial charge in [0, 0.05) is 12.0 Å². The van der Waals surface area contributed by atoms with E-state index in [1.54, 1.807) is 0 Å². The van der Waals surface area contributed by atoms with Crippen molar-refractivity contribution in [3.8, 4) is 22.9 Å². The van der Waals surface area contributed by atoms with Gasteiger partial charge in [-0.15, -0.1) is 0 Å². The minimum absolute atomic E-state index is 0.632. The van der Waals surface area contributed by atoms with Crippen LogP contribution in [0.4, 0.5) is 0 Å². The Morgan fingerprint density at radius 1 is 0.880 bits per heavy atom. The quantitative estimate of drug-likeness (QED) is 0.667. The van der Waals surface area contributed by atoms with Crippen LogP contribution < -0.4 is 9.47 Å². The minimum Gasteiger partial charge on any atom is -0.493 e. The predicted octanol–water partition coefficient (Wildman–Crippen LogP) is 3.81. The zero-order valence-corrected chi connectivity index (χ0v) is 14.1. The average Bonchev–Trinajstić information content (AvgIpc) is 3.33. The first kappa shape index (κ1) is 15.7. The van der Waals surface area contributed by atoms with E-state index in [0.29, 0.717) is 13.2 Å². The minimum atomic E-state index is 0.632. The van der Waals surface area contributed by atoms with Crippen LogP contribution in [0.2, 0.25) is 0 Å². The molecular weight excluding hydrogens is 314 g/mol. The van der Waals surface area contributed by atoms with E-state index in [4.69, 9.17) is 9.47 Å². The van der Waals surface area contributed by atoms with Gasteiger partial charge in [0.25, 0.3) is 0 Å². The molecule has 0 saturated carbocycles. The van der Waals surface area contributed by atoms with Gasteiger partial charge in [0.2, 0.25) is 0 Å². The summed E-state index contributed by atoms with van der Waals surface area (Å²) in [6.45, 7) is 1.29. The summed E-state index contributed by atoms with van der Waals surface area (Å²) in [7, 11) is 0. The number of nitrogens with zero attached hydrogens (tertiary/aromatic N) is 2. The van der Waals surface area contributed by atoms with Crippen molar-refractivity contribution in [1.82, 2.24) is 15.2 Å². The average molecular weight is 335 g/mol. The second kappa shape index (κ2) is 7.38. The fraction of sp³-hybridized carbons (Fsp3) is 0.300. The molecular formula is C20H21N3O2. The van der Waals surface area contributed by atoms with Gasteiger partial charge in [-0.25, -0.2) is 4.98 Å². The summed E-state index contributed by atoms with van der Waals surface area (Å²) in [6, 6.07) is 14.3. The number of aromatic nitrogens is 3. The Kier molecular flexibility index (Phi) is 4.63. The van der Waals surface area contributed by atoms with E-state index < -0.39 is 0 Å². The molecule has 5 nitrogen and oxygen atoms in total. The van der Waals surface area contributed by atoms with Crippen molar-refractivity contribution in [3.05, 3.63) is 59.9 Å². The Bertz CT molecular complexity index is 813. The van der Waals surface area contributed by atoms with Crippen LogP contribution in [0.15, 0.2) is 48.8 Å². The highest BCUT2D eigenvalue weighted by Gasteiger charge is 2.11. The van der Waals surface area contributed by atoms with E-state index in [-0.39, 0.29) is 0 Å². The van der Waals surface area contributed by atoms with Gasteiger partial charge in [0.05, 0.1) is 13.2 Å². The number of rotatable bonds is 7. The lowest BCUT2D eigenvalue weighted by molar-refractivity contribution is 0.247. The number of aromatic amines is 1. The largest absolute Gasteiger partial charge is 0.493 e. The lowest BCUT2D eigenvalue weighted by Crippen LogP contribution is -2.05. The smallest absolute Gasteiger partial charge is 0.155 e.